The molecule has 0 atom stereocenters. The molecule has 0 unspecified atom stereocenters. The predicted molar refractivity (Wildman–Crippen MR) is 28.7 cm³/mol. The van der Waals surface area contributed by atoms with Crippen LogP contribution in [0.15, 0.2) is 0 Å². The molecule has 50 valence electrons. The Morgan fingerprint density at radius 3 is 2.44 bits per heavy atom. The maximum absolute atomic E-state index is 10.2. The highest BCUT2D eigenvalue weighted by molar-refractivity contribution is 7.24. The minimum Gasteiger partial charge on any atom is -0.433 e. The minimum atomic E-state index is -0.671. The molecule has 5 heteroatoms. The van der Waals surface area contributed by atoms with Gasteiger partial charge in [-0.3, -0.25) is 4.57 Å². The molecular formula is C4H5O4P. The van der Waals surface area contributed by atoms with Gasteiger partial charge in [0.05, 0.1) is 0 Å². The average Bonchev–Trinajstić information content (AvgIpc) is 1.90. The van der Waals surface area contributed by atoms with E-state index >= 15 is 0 Å². The van der Waals surface area contributed by atoms with Gasteiger partial charge in [-0.1, -0.05) is 0 Å². The van der Waals surface area contributed by atoms with Crippen molar-refractivity contribution in [2.24, 2.45) is 0 Å². The second-order valence-electron chi connectivity index (χ2n) is 1.63. The second kappa shape index (κ2) is 2.78. The Hall–Kier alpha value is -0.630. The zero-order valence-corrected chi connectivity index (χ0v) is 5.47. The van der Waals surface area contributed by atoms with Crippen LogP contribution in [0.2, 0.25) is 0 Å². The van der Waals surface area contributed by atoms with Gasteiger partial charge in [0.25, 0.3) is 0 Å². The summed E-state index contributed by atoms with van der Waals surface area (Å²) in [6, 6.07) is 0. The summed E-state index contributed by atoms with van der Waals surface area (Å²) in [6.45, 7) is 0.397. The number of rotatable bonds is 1. The van der Waals surface area contributed by atoms with E-state index in [0.717, 1.165) is 0 Å². The molecule has 9 heavy (non-hydrogen) atoms. The van der Waals surface area contributed by atoms with E-state index in [2.05, 4.69) is 9.47 Å². The molecule has 1 heterocycles. The lowest BCUT2D eigenvalue weighted by Crippen LogP contribution is -2.27. The van der Waals surface area contributed by atoms with Crippen molar-refractivity contribution in [1.29, 1.82) is 0 Å². The third-order valence-corrected chi connectivity index (χ3v) is 1.53. The molecule has 1 fully saturated rings. The van der Waals surface area contributed by atoms with Crippen LogP contribution in [-0.4, -0.2) is 25.0 Å². The first-order valence-corrected chi connectivity index (χ1v) is 3.33. The Kier molecular flexibility index (Phi) is 2.01. The van der Waals surface area contributed by atoms with E-state index in [-0.39, 0.29) is 27.3 Å². The lowest BCUT2D eigenvalue weighted by Gasteiger charge is -2.15. The molecule has 0 N–H and O–H groups in total. The molecule has 0 saturated carbocycles. The lowest BCUT2D eigenvalue weighted by molar-refractivity contribution is 0.0219. The summed E-state index contributed by atoms with van der Waals surface area (Å²) in [6.07, 6.45) is -0.671. The Morgan fingerprint density at radius 2 is 2.00 bits per heavy atom. The topological polar surface area (TPSA) is 52.6 Å². The fourth-order valence-corrected chi connectivity index (χ4v) is 0.750. The second-order valence-corrected chi connectivity index (χ2v) is 2.57. The van der Waals surface area contributed by atoms with E-state index in [1.54, 1.807) is 0 Å². The van der Waals surface area contributed by atoms with E-state index in [9.17, 15) is 9.36 Å². The van der Waals surface area contributed by atoms with Gasteiger partial charge in [0.15, 0.2) is 8.46 Å². The first kappa shape index (κ1) is 6.49. The molecule has 1 aliphatic rings. The van der Waals surface area contributed by atoms with Crippen molar-refractivity contribution in [1.82, 2.24) is 0 Å². The number of hydrogen-bond donors (Lipinski definition) is 0. The van der Waals surface area contributed by atoms with E-state index in [1.807, 2.05) is 0 Å². The average molecular weight is 148 g/mol. The smallest absolute Gasteiger partial charge is 0.433 e. The summed E-state index contributed by atoms with van der Waals surface area (Å²) in [7, 11) is -0.0300. The van der Waals surface area contributed by atoms with E-state index in [4.69, 9.17) is 0 Å². The number of hydrogen-bond acceptors (Lipinski definition) is 4. The predicted octanol–water partition coefficient (Wildman–Crippen LogP) is 0.813. The van der Waals surface area contributed by atoms with Gasteiger partial charge < -0.3 is 9.47 Å². The number of carbonyl (C=O) groups excluding carboxylic acids is 1. The molecule has 0 spiro atoms. The zero-order chi connectivity index (χ0) is 6.69. The maximum Gasteiger partial charge on any atom is 0.508 e. The van der Waals surface area contributed by atoms with Crippen molar-refractivity contribution in [3.8, 4) is 0 Å². The van der Waals surface area contributed by atoms with E-state index in [1.165, 1.54) is 0 Å². The summed E-state index contributed by atoms with van der Waals surface area (Å²) in [5, 5.41) is 0. The van der Waals surface area contributed by atoms with Crippen LogP contribution in [0.5, 0.6) is 0 Å². The van der Waals surface area contributed by atoms with Crippen LogP contribution in [0.3, 0.4) is 0 Å². The highest BCUT2D eigenvalue weighted by atomic mass is 31.1. The van der Waals surface area contributed by atoms with E-state index < -0.39 is 6.16 Å². The summed E-state index contributed by atoms with van der Waals surface area (Å²) >= 11 is 0. The van der Waals surface area contributed by atoms with Crippen molar-refractivity contribution < 1.29 is 18.8 Å². The normalized spacial score (nSPS) is 21.1. The molecule has 0 aromatic carbocycles. The summed E-state index contributed by atoms with van der Waals surface area (Å²) < 4.78 is 18.9. The Bertz CT molecular complexity index is 125. The van der Waals surface area contributed by atoms with Crippen LogP contribution in [0, 0.1) is 0 Å². The van der Waals surface area contributed by atoms with Gasteiger partial charge in [0, 0.05) is 0 Å². The number of cyclic esters (lactones) is 2. The molecule has 0 aromatic rings. The number of ether oxygens (including phenoxy) is 2. The van der Waals surface area contributed by atoms with Gasteiger partial charge in [-0.15, -0.1) is 0 Å². The first-order chi connectivity index (χ1) is 4.33. The van der Waals surface area contributed by atoms with Crippen LogP contribution in [0.25, 0.3) is 0 Å². The van der Waals surface area contributed by atoms with Crippen LogP contribution in [0.4, 0.5) is 4.79 Å². The Balaban J connectivity index is 2.34. The molecule has 1 saturated heterocycles. The molecule has 1 aliphatic heterocycles. The standard InChI is InChI=1S/C4H5O4P/c5-4-7-1-3(9-6)2-8-4/h3H,1-2H2. The molecule has 0 aliphatic carbocycles. The molecule has 4 nitrogen and oxygen atoms in total. The highest BCUT2D eigenvalue weighted by Gasteiger charge is 2.20. The van der Waals surface area contributed by atoms with E-state index in [0.29, 0.717) is 0 Å². The Labute approximate surface area is 53.3 Å². The molecule has 0 aromatic heterocycles. The van der Waals surface area contributed by atoms with Gasteiger partial charge in [-0.25, -0.2) is 4.79 Å². The van der Waals surface area contributed by atoms with Crippen LogP contribution in [-0.2, 0) is 14.0 Å². The fourth-order valence-electron chi connectivity index (χ4n) is 0.479. The maximum atomic E-state index is 10.2. The molecule has 0 amide bonds. The number of carbonyl (C=O) groups is 1. The monoisotopic (exact) mass is 148 g/mol. The summed E-state index contributed by atoms with van der Waals surface area (Å²) in [5.41, 5.74) is -0.178. The van der Waals surface area contributed by atoms with Crippen LogP contribution >= 0.6 is 8.46 Å². The van der Waals surface area contributed by atoms with Crippen molar-refractivity contribution >= 4 is 14.6 Å². The third kappa shape index (κ3) is 1.64. The summed E-state index contributed by atoms with van der Waals surface area (Å²) in [4.78, 5) is 10.2. The third-order valence-electron chi connectivity index (χ3n) is 0.936. The Morgan fingerprint density at radius 1 is 1.44 bits per heavy atom. The SMILES string of the molecule is O=PC1COC(=O)OC1. The van der Waals surface area contributed by atoms with Crippen molar-refractivity contribution in [3.63, 3.8) is 0 Å². The largest absolute Gasteiger partial charge is 0.508 e. The van der Waals surface area contributed by atoms with Crippen molar-refractivity contribution in [2.75, 3.05) is 13.2 Å². The molecule has 0 radical (unpaired) electrons. The van der Waals surface area contributed by atoms with Gasteiger partial charge in [0.2, 0.25) is 0 Å². The zero-order valence-electron chi connectivity index (χ0n) is 4.57. The van der Waals surface area contributed by atoms with Gasteiger partial charge in [-0.05, 0) is 0 Å². The first-order valence-electron chi connectivity index (χ1n) is 2.45. The highest BCUT2D eigenvalue weighted by Crippen LogP contribution is 2.12. The minimum absolute atomic E-state index is 0.0300. The van der Waals surface area contributed by atoms with Crippen molar-refractivity contribution in [2.45, 2.75) is 5.66 Å². The molecule has 0 bridgehead atoms. The van der Waals surface area contributed by atoms with Gasteiger partial charge in [-0.2, -0.15) is 0 Å². The quantitative estimate of drug-likeness (QED) is 0.408. The van der Waals surface area contributed by atoms with Gasteiger partial charge in [0.1, 0.15) is 18.9 Å². The fraction of sp³-hybridized carbons (Fsp3) is 0.750. The van der Waals surface area contributed by atoms with Gasteiger partial charge >= 0.3 is 6.16 Å². The summed E-state index contributed by atoms with van der Waals surface area (Å²) in [5.74, 6) is 0. The lowest BCUT2D eigenvalue weighted by atomic mass is 10.5. The molecular weight excluding hydrogens is 143 g/mol. The van der Waals surface area contributed by atoms with Crippen LogP contribution < -0.4 is 0 Å². The molecule has 1 rings (SSSR count). The van der Waals surface area contributed by atoms with Crippen molar-refractivity contribution in [3.05, 3.63) is 0 Å². The van der Waals surface area contributed by atoms with Crippen LogP contribution in [0.1, 0.15) is 0 Å².